The fourth-order valence-electron chi connectivity index (χ4n) is 3.03. The van der Waals surface area contributed by atoms with Gasteiger partial charge in [0.15, 0.2) is 0 Å². The van der Waals surface area contributed by atoms with Crippen LogP contribution in [0.5, 0.6) is 0 Å². The van der Waals surface area contributed by atoms with Crippen molar-refractivity contribution in [2.24, 2.45) is 0 Å². The maximum absolute atomic E-state index is 13.0. The van der Waals surface area contributed by atoms with E-state index in [1.807, 2.05) is 0 Å². The highest BCUT2D eigenvalue weighted by molar-refractivity contribution is 8.18. The maximum atomic E-state index is 13.0. The van der Waals surface area contributed by atoms with Crippen LogP contribution >= 0.6 is 11.8 Å². The van der Waals surface area contributed by atoms with Crippen molar-refractivity contribution in [2.75, 3.05) is 11.9 Å². The number of anilines is 1. The monoisotopic (exact) mass is 466 g/mol. The SMILES string of the molecule is O=C(CN1C(=O)S/C(=C\c2ccc(-c3cccc(C(=O)O)c3)o2)C1=O)Nc1ccc(F)cc1. The number of rotatable bonds is 6. The van der Waals surface area contributed by atoms with Crippen LogP contribution in [0, 0.1) is 5.82 Å². The van der Waals surface area contributed by atoms with E-state index in [2.05, 4.69) is 5.32 Å². The Morgan fingerprint density at radius 2 is 1.85 bits per heavy atom. The Bertz CT molecular complexity index is 1300. The number of imide groups is 1. The molecule has 0 atom stereocenters. The predicted molar refractivity (Wildman–Crippen MR) is 119 cm³/mol. The van der Waals surface area contributed by atoms with Gasteiger partial charge in [-0.2, -0.15) is 0 Å². The summed E-state index contributed by atoms with van der Waals surface area (Å²) in [4.78, 5) is 49.1. The first kappa shape index (κ1) is 22.0. The number of carbonyl (C=O) groups excluding carboxylic acids is 3. The van der Waals surface area contributed by atoms with Crippen molar-refractivity contribution >= 4 is 46.5 Å². The fourth-order valence-corrected chi connectivity index (χ4v) is 3.85. The first-order valence-electron chi connectivity index (χ1n) is 9.54. The van der Waals surface area contributed by atoms with Gasteiger partial charge in [0, 0.05) is 17.3 Å². The standard InChI is InChI=1S/C23H15FN2O6S/c24-15-4-6-16(7-5-15)25-20(27)12-26-21(28)19(33-23(26)31)11-17-8-9-18(32-17)13-2-1-3-14(10-13)22(29)30/h1-11H,12H2,(H,25,27)(H,29,30)/b19-11-. The van der Waals surface area contributed by atoms with E-state index in [9.17, 15) is 23.6 Å². The molecule has 1 fully saturated rings. The van der Waals surface area contributed by atoms with Crippen molar-refractivity contribution in [1.82, 2.24) is 4.90 Å². The molecule has 0 saturated carbocycles. The van der Waals surface area contributed by atoms with Gasteiger partial charge < -0.3 is 14.8 Å². The summed E-state index contributed by atoms with van der Waals surface area (Å²) >= 11 is 0.670. The van der Waals surface area contributed by atoms with Crippen LogP contribution in [-0.4, -0.2) is 39.6 Å². The second kappa shape index (κ2) is 9.13. The molecule has 166 valence electrons. The van der Waals surface area contributed by atoms with Crippen molar-refractivity contribution in [3.05, 3.63) is 82.7 Å². The number of carboxylic acids is 1. The van der Waals surface area contributed by atoms with Crippen LogP contribution in [0.2, 0.25) is 0 Å². The van der Waals surface area contributed by atoms with E-state index in [-0.39, 0.29) is 16.2 Å². The molecule has 1 saturated heterocycles. The number of hydrogen-bond donors (Lipinski definition) is 2. The second-order valence-corrected chi connectivity index (χ2v) is 7.90. The molecule has 2 aromatic carbocycles. The number of carboxylic acid groups (broad SMARTS) is 1. The molecule has 3 aromatic rings. The van der Waals surface area contributed by atoms with Crippen molar-refractivity contribution in [3.63, 3.8) is 0 Å². The summed E-state index contributed by atoms with van der Waals surface area (Å²) in [5.74, 6) is -2.11. The minimum absolute atomic E-state index is 0.0785. The third-order valence-corrected chi connectivity index (χ3v) is 5.50. The average molecular weight is 466 g/mol. The Labute approximate surface area is 190 Å². The molecule has 0 aliphatic carbocycles. The van der Waals surface area contributed by atoms with Gasteiger partial charge in [-0.25, -0.2) is 9.18 Å². The summed E-state index contributed by atoms with van der Waals surface area (Å²) in [6.45, 7) is -0.495. The quantitative estimate of drug-likeness (QED) is 0.515. The molecular formula is C23H15FN2O6S. The van der Waals surface area contributed by atoms with E-state index in [1.54, 1.807) is 24.3 Å². The van der Waals surface area contributed by atoms with Crippen LogP contribution in [0.3, 0.4) is 0 Å². The number of carbonyl (C=O) groups is 4. The lowest BCUT2D eigenvalue weighted by molar-refractivity contribution is -0.127. The molecule has 0 radical (unpaired) electrons. The summed E-state index contributed by atoms with van der Waals surface area (Å²) in [6, 6.07) is 14.5. The zero-order chi connectivity index (χ0) is 23.5. The molecule has 10 heteroatoms. The van der Waals surface area contributed by atoms with Crippen LogP contribution in [0.15, 0.2) is 70.0 Å². The third-order valence-electron chi connectivity index (χ3n) is 4.60. The number of benzene rings is 2. The first-order chi connectivity index (χ1) is 15.8. The minimum atomic E-state index is -1.07. The molecule has 3 amide bonds. The number of thioether (sulfide) groups is 1. The molecule has 1 aromatic heterocycles. The lowest BCUT2D eigenvalue weighted by atomic mass is 10.1. The smallest absolute Gasteiger partial charge is 0.335 e. The molecule has 2 heterocycles. The molecular weight excluding hydrogens is 451 g/mol. The molecule has 1 aliphatic rings. The lowest BCUT2D eigenvalue weighted by Gasteiger charge is -2.12. The number of amides is 3. The highest BCUT2D eigenvalue weighted by Crippen LogP contribution is 2.33. The van der Waals surface area contributed by atoms with Crippen LogP contribution in [0.4, 0.5) is 14.9 Å². The third kappa shape index (κ3) is 5.01. The van der Waals surface area contributed by atoms with Crippen LogP contribution in [0.1, 0.15) is 16.1 Å². The Morgan fingerprint density at radius 3 is 2.58 bits per heavy atom. The molecule has 8 nitrogen and oxygen atoms in total. The molecule has 0 bridgehead atoms. The number of hydrogen-bond acceptors (Lipinski definition) is 6. The summed E-state index contributed by atoms with van der Waals surface area (Å²) < 4.78 is 18.7. The Hall–Kier alpha value is -4.18. The van der Waals surface area contributed by atoms with Gasteiger partial charge in [-0.1, -0.05) is 12.1 Å². The number of aromatic carboxylic acids is 1. The van der Waals surface area contributed by atoms with Crippen molar-refractivity contribution < 1.29 is 33.1 Å². The summed E-state index contributed by atoms with van der Waals surface area (Å²) in [6.07, 6.45) is 1.38. The van der Waals surface area contributed by atoms with Gasteiger partial charge >= 0.3 is 5.97 Å². The molecule has 33 heavy (non-hydrogen) atoms. The summed E-state index contributed by atoms with van der Waals surface area (Å²) in [5.41, 5.74) is 0.976. The average Bonchev–Trinajstić information content (AvgIpc) is 3.36. The number of nitrogens with one attached hydrogen (secondary N) is 1. The zero-order valence-corrected chi connectivity index (χ0v) is 17.6. The maximum Gasteiger partial charge on any atom is 0.335 e. The summed E-state index contributed by atoms with van der Waals surface area (Å²) in [5, 5.41) is 11.0. The number of nitrogens with zero attached hydrogens (tertiary/aromatic N) is 1. The number of halogens is 1. The fraction of sp³-hybridized carbons (Fsp3) is 0.0435. The number of furan rings is 1. The second-order valence-electron chi connectivity index (χ2n) is 6.91. The highest BCUT2D eigenvalue weighted by atomic mass is 32.2. The van der Waals surface area contributed by atoms with Gasteiger partial charge in [-0.3, -0.25) is 19.3 Å². The Balaban J connectivity index is 1.45. The van der Waals surface area contributed by atoms with E-state index in [4.69, 9.17) is 9.52 Å². The molecule has 1 aliphatic heterocycles. The van der Waals surface area contributed by atoms with Crippen molar-refractivity contribution in [2.45, 2.75) is 0 Å². The lowest BCUT2D eigenvalue weighted by Crippen LogP contribution is -2.36. The summed E-state index contributed by atoms with van der Waals surface area (Å²) in [7, 11) is 0. The van der Waals surface area contributed by atoms with Gasteiger partial charge in [0.1, 0.15) is 23.9 Å². The van der Waals surface area contributed by atoms with Crippen LogP contribution < -0.4 is 5.32 Å². The minimum Gasteiger partial charge on any atom is -0.478 e. The van der Waals surface area contributed by atoms with E-state index < -0.39 is 35.4 Å². The Kier molecular flexibility index (Phi) is 6.09. The van der Waals surface area contributed by atoms with Gasteiger partial charge in [0.05, 0.1) is 10.5 Å². The van der Waals surface area contributed by atoms with Crippen molar-refractivity contribution in [1.29, 1.82) is 0 Å². The van der Waals surface area contributed by atoms with Gasteiger partial charge in [0.25, 0.3) is 11.1 Å². The normalized spacial score (nSPS) is 14.7. The van der Waals surface area contributed by atoms with E-state index >= 15 is 0 Å². The topological polar surface area (TPSA) is 117 Å². The van der Waals surface area contributed by atoms with E-state index in [0.717, 1.165) is 4.90 Å². The zero-order valence-electron chi connectivity index (χ0n) is 16.8. The molecule has 2 N–H and O–H groups in total. The first-order valence-corrected chi connectivity index (χ1v) is 10.4. The van der Waals surface area contributed by atoms with Gasteiger partial charge in [-0.05, 0) is 60.3 Å². The predicted octanol–water partition coefficient (Wildman–Crippen LogP) is 4.46. The van der Waals surface area contributed by atoms with Crippen LogP contribution in [-0.2, 0) is 9.59 Å². The van der Waals surface area contributed by atoms with Gasteiger partial charge in [-0.15, -0.1) is 0 Å². The van der Waals surface area contributed by atoms with E-state index in [1.165, 1.54) is 42.5 Å². The highest BCUT2D eigenvalue weighted by Gasteiger charge is 2.36. The Morgan fingerprint density at radius 1 is 1.09 bits per heavy atom. The molecule has 0 spiro atoms. The van der Waals surface area contributed by atoms with E-state index in [0.29, 0.717) is 28.8 Å². The van der Waals surface area contributed by atoms with Gasteiger partial charge in [0.2, 0.25) is 5.91 Å². The molecule has 0 unspecified atom stereocenters. The molecule has 4 rings (SSSR count). The largest absolute Gasteiger partial charge is 0.478 e. The van der Waals surface area contributed by atoms with Crippen LogP contribution in [0.25, 0.3) is 17.4 Å². The van der Waals surface area contributed by atoms with Crippen molar-refractivity contribution in [3.8, 4) is 11.3 Å².